The molecule has 0 radical (unpaired) electrons. The summed E-state index contributed by atoms with van der Waals surface area (Å²) in [5.74, 6) is 0.694. The second kappa shape index (κ2) is 5.52. The van der Waals surface area contributed by atoms with E-state index >= 15 is 0 Å². The van der Waals surface area contributed by atoms with Crippen LogP contribution in [-0.2, 0) is 6.42 Å². The number of fused-ring (bicyclic) bond motifs is 1. The first-order valence-corrected chi connectivity index (χ1v) is 8.11. The maximum atomic E-state index is 6.15. The van der Waals surface area contributed by atoms with Gasteiger partial charge in [-0.1, -0.05) is 39.3 Å². The van der Waals surface area contributed by atoms with E-state index in [4.69, 9.17) is 11.6 Å². The van der Waals surface area contributed by atoms with E-state index in [-0.39, 0.29) is 0 Å². The third-order valence-electron chi connectivity index (χ3n) is 4.45. The van der Waals surface area contributed by atoms with E-state index in [1.165, 1.54) is 29.7 Å². The number of thiophene rings is 1. The van der Waals surface area contributed by atoms with Crippen LogP contribution < -0.4 is 5.32 Å². The predicted octanol–water partition coefficient (Wildman–Crippen LogP) is 5.05. The van der Waals surface area contributed by atoms with Gasteiger partial charge in [-0.05, 0) is 42.2 Å². The Morgan fingerprint density at radius 3 is 2.89 bits per heavy atom. The molecule has 1 aliphatic rings. The van der Waals surface area contributed by atoms with Crippen molar-refractivity contribution in [2.45, 2.75) is 53.0 Å². The van der Waals surface area contributed by atoms with Crippen molar-refractivity contribution in [3.8, 4) is 0 Å². The van der Waals surface area contributed by atoms with Crippen molar-refractivity contribution < 1.29 is 0 Å². The summed E-state index contributed by atoms with van der Waals surface area (Å²) in [4.78, 5) is 1.49. The summed E-state index contributed by atoms with van der Waals surface area (Å²) >= 11 is 7.91. The number of halogens is 1. The lowest BCUT2D eigenvalue weighted by Gasteiger charge is -2.33. The Labute approximate surface area is 120 Å². The molecule has 1 aromatic rings. The second-order valence-corrected chi connectivity index (χ2v) is 8.17. The van der Waals surface area contributed by atoms with Gasteiger partial charge in [0.05, 0.1) is 4.34 Å². The highest BCUT2D eigenvalue weighted by molar-refractivity contribution is 7.16. The lowest BCUT2D eigenvalue weighted by Crippen LogP contribution is -2.36. The highest BCUT2D eigenvalue weighted by atomic mass is 35.5. The Morgan fingerprint density at radius 2 is 2.22 bits per heavy atom. The van der Waals surface area contributed by atoms with Crippen molar-refractivity contribution in [1.29, 1.82) is 0 Å². The van der Waals surface area contributed by atoms with Crippen molar-refractivity contribution in [1.82, 2.24) is 5.32 Å². The number of nitrogens with one attached hydrogen (secondary N) is 1. The molecular weight excluding hydrogens is 262 g/mol. The largest absolute Gasteiger partial charge is 0.309 e. The zero-order chi connectivity index (χ0) is 13.3. The molecule has 0 amide bonds. The molecule has 1 heterocycles. The first-order chi connectivity index (χ1) is 8.40. The van der Waals surface area contributed by atoms with Gasteiger partial charge in [0, 0.05) is 17.5 Å². The van der Waals surface area contributed by atoms with E-state index in [1.54, 1.807) is 11.3 Å². The van der Waals surface area contributed by atoms with E-state index in [1.807, 2.05) is 0 Å². The fraction of sp³-hybridized carbons (Fsp3) is 0.733. The standard InChI is InChI=1S/C15H24ClNS/c1-10(2)15(3,4)9-17-12-6-5-7-13-11(12)8-14(16)18-13/h8,10,12,17H,5-7,9H2,1-4H3. The molecule has 0 bridgehead atoms. The highest BCUT2D eigenvalue weighted by Crippen LogP contribution is 2.38. The smallest absolute Gasteiger partial charge is 0.0934 e. The first kappa shape index (κ1) is 14.4. The summed E-state index contributed by atoms with van der Waals surface area (Å²) in [5.41, 5.74) is 1.80. The second-order valence-electron chi connectivity index (χ2n) is 6.40. The minimum Gasteiger partial charge on any atom is -0.309 e. The van der Waals surface area contributed by atoms with Gasteiger partial charge in [0.2, 0.25) is 0 Å². The molecule has 0 fully saturated rings. The number of hydrogen-bond acceptors (Lipinski definition) is 2. The Hall–Kier alpha value is -0.0500. The third kappa shape index (κ3) is 3.09. The van der Waals surface area contributed by atoms with E-state index < -0.39 is 0 Å². The molecule has 102 valence electrons. The molecular formula is C15H24ClNS. The van der Waals surface area contributed by atoms with Gasteiger partial charge in [0.15, 0.2) is 0 Å². The summed E-state index contributed by atoms with van der Waals surface area (Å²) in [6.45, 7) is 10.4. The van der Waals surface area contributed by atoms with Crippen molar-refractivity contribution in [2.75, 3.05) is 6.54 Å². The van der Waals surface area contributed by atoms with E-state index in [2.05, 4.69) is 39.1 Å². The Bertz CT molecular complexity index is 409. The molecule has 1 N–H and O–H groups in total. The van der Waals surface area contributed by atoms with Crippen molar-refractivity contribution in [3.05, 3.63) is 20.8 Å². The molecule has 1 atom stereocenters. The summed E-state index contributed by atoms with van der Waals surface area (Å²) < 4.78 is 0.941. The van der Waals surface area contributed by atoms with Crippen LogP contribution in [-0.4, -0.2) is 6.54 Å². The molecule has 1 unspecified atom stereocenters. The minimum atomic E-state index is 0.345. The predicted molar refractivity (Wildman–Crippen MR) is 81.6 cm³/mol. The fourth-order valence-electron chi connectivity index (χ4n) is 2.32. The molecule has 0 spiro atoms. The average molecular weight is 286 g/mol. The number of hydrogen-bond donors (Lipinski definition) is 1. The SMILES string of the molecule is CC(C)C(C)(C)CNC1CCCc2sc(Cl)cc21. The van der Waals surface area contributed by atoms with E-state index in [0.717, 1.165) is 10.9 Å². The summed E-state index contributed by atoms with van der Waals surface area (Å²) in [5, 5.41) is 3.76. The van der Waals surface area contributed by atoms with Gasteiger partial charge in [-0.3, -0.25) is 0 Å². The van der Waals surface area contributed by atoms with Crippen LogP contribution in [0.1, 0.15) is 57.0 Å². The fourth-order valence-corrected chi connectivity index (χ4v) is 3.71. The topological polar surface area (TPSA) is 12.0 Å². The lowest BCUT2D eigenvalue weighted by atomic mass is 9.80. The molecule has 0 saturated carbocycles. The van der Waals surface area contributed by atoms with Gasteiger partial charge in [-0.2, -0.15) is 0 Å². The van der Waals surface area contributed by atoms with E-state index in [9.17, 15) is 0 Å². The minimum absolute atomic E-state index is 0.345. The summed E-state index contributed by atoms with van der Waals surface area (Å²) in [7, 11) is 0. The number of aryl methyl sites for hydroxylation is 1. The van der Waals surface area contributed by atoms with Crippen molar-refractivity contribution in [2.24, 2.45) is 11.3 Å². The monoisotopic (exact) mass is 285 g/mol. The quantitative estimate of drug-likeness (QED) is 0.816. The van der Waals surface area contributed by atoms with Crippen LogP contribution in [0.3, 0.4) is 0 Å². The Kier molecular flexibility index (Phi) is 4.40. The lowest BCUT2D eigenvalue weighted by molar-refractivity contribution is 0.224. The van der Waals surface area contributed by atoms with Gasteiger partial charge < -0.3 is 5.32 Å². The molecule has 18 heavy (non-hydrogen) atoms. The maximum absolute atomic E-state index is 6.15. The van der Waals surface area contributed by atoms with Crippen LogP contribution in [0.15, 0.2) is 6.07 Å². The van der Waals surface area contributed by atoms with Crippen LogP contribution in [0.4, 0.5) is 0 Å². The zero-order valence-corrected chi connectivity index (χ0v) is 13.4. The van der Waals surface area contributed by atoms with Gasteiger partial charge >= 0.3 is 0 Å². The molecule has 3 heteroatoms. The normalized spacial score (nSPS) is 20.2. The van der Waals surface area contributed by atoms with E-state index in [0.29, 0.717) is 17.4 Å². The third-order valence-corrected chi connectivity index (χ3v) is 5.79. The molecule has 1 aliphatic carbocycles. The van der Waals surface area contributed by atoms with Crippen molar-refractivity contribution >= 4 is 22.9 Å². The van der Waals surface area contributed by atoms with Gasteiger partial charge in [0.25, 0.3) is 0 Å². The average Bonchev–Trinajstić information content (AvgIpc) is 2.66. The molecule has 0 aromatic carbocycles. The van der Waals surface area contributed by atoms with Gasteiger partial charge in [-0.15, -0.1) is 11.3 Å². The first-order valence-electron chi connectivity index (χ1n) is 6.91. The van der Waals surface area contributed by atoms with Crippen LogP contribution in [0, 0.1) is 11.3 Å². The molecule has 1 aromatic heterocycles. The van der Waals surface area contributed by atoms with Crippen LogP contribution in [0.25, 0.3) is 0 Å². The Morgan fingerprint density at radius 1 is 1.50 bits per heavy atom. The van der Waals surface area contributed by atoms with Crippen LogP contribution in [0.2, 0.25) is 4.34 Å². The van der Waals surface area contributed by atoms with Gasteiger partial charge in [0.1, 0.15) is 0 Å². The summed E-state index contributed by atoms with van der Waals surface area (Å²) in [6.07, 6.45) is 3.73. The molecule has 2 rings (SSSR count). The Balaban J connectivity index is 2.03. The molecule has 0 aliphatic heterocycles. The van der Waals surface area contributed by atoms with Crippen molar-refractivity contribution in [3.63, 3.8) is 0 Å². The number of rotatable bonds is 4. The van der Waals surface area contributed by atoms with Crippen LogP contribution in [0.5, 0.6) is 0 Å². The van der Waals surface area contributed by atoms with Crippen LogP contribution >= 0.6 is 22.9 Å². The molecule has 0 saturated heterocycles. The zero-order valence-electron chi connectivity index (χ0n) is 11.8. The highest BCUT2D eigenvalue weighted by Gasteiger charge is 2.27. The summed E-state index contributed by atoms with van der Waals surface area (Å²) in [6, 6.07) is 2.68. The maximum Gasteiger partial charge on any atom is 0.0934 e. The molecule has 1 nitrogen and oxygen atoms in total. The van der Waals surface area contributed by atoms with Gasteiger partial charge in [-0.25, -0.2) is 0 Å².